The zero-order chi connectivity index (χ0) is 21.4. The number of amides is 1. The molecular weight excluding hydrogens is 374 g/mol. The lowest BCUT2D eigenvalue weighted by molar-refractivity contribution is -0.123. The Morgan fingerprint density at radius 3 is 2.48 bits per heavy atom. The summed E-state index contributed by atoms with van der Waals surface area (Å²) in [6.45, 7) is 5.62. The average Bonchev–Trinajstić information content (AvgIpc) is 2.71. The van der Waals surface area contributed by atoms with E-state index >= 15 is 0 Å². The monoisotopic (exact) mass is 399 g/mol. The van der Waals surface area contributed by atoms with Crippen molar-refractivity contribution < 1.29 is 28.6 Å². The number of methoxy groups -OCH3 is 1. The second kappa shape index (κ2) is 10.4. The van der Waals surface area contributed by atoms with Gasteiger partial charge in [0.25, 0.3) is 5.91 Å². The van der Waals surface area contributed by atoms with Gasteiger partial charge in [0.05, 0.1) is 19.3 Å². The predicted molar refractivity (Wildman–Crippen MR) is 108 cm³/mol. The number of hydrogen-bond acceptors (Lipinski definition) is 6. The number of nitrogens with one attached hydrogen (secondary N) is 1. The van der Waals surface area contributed by atoms with Gasteiger partial charge in [-0.15, -0.1) is 0 Å². The van der Waals surface area contributed by atoms with Crippen LogP contribution in [0, 0.1) is 0 Å². The van der Waals surface area contributed by atoms with Crippen LogP contribution < -0.4 is 10.1 Å². The Labute approximate surface area is 170 Å². The number of Topliss-reactive ketones (excluding diaryl/α,β-unsaturated/α-hetero) is 1. The van der Waals surface area contributed by atoms with Gasteiger partial charge >= 0.3 is 5.97 Å². The molecule has 0 heterocycles. The van der Waals surface area contributed by atoms with Gasteiger partial charge in [-0.1, -0.05) is 12.1 Å². The minimum atomic E-state index is -1.03. The zero-order valence-electron chi connectivity index (χ0n) is 17.0. The molecular formula is C22H25NO6. The van der Waals surface area contributed by atoms with Crippen LogP contribution in [0.1, 0.15) is 47.1 Å². The highest BCUT2D eigenvalue weighted by Crippen LogP contribution is 2.22. The lowest BCUT2D eigenvalue weighted by Crippen LogP contribution is -2.30. The highest BCUT2D eigenvalue weighted by Gasteiger charge is 2.20. The largest absolute Gasteiger partial charge is 0.496 e. The van der Waals surface area contributed by atoms with Crippen molar-refractivity contribution in [3.63, 3.8) is 0 Å². The molecule has 0 unspecified atom stereocenters. The summed E-state index contributed by atoms with van der Waals surface area (Å²) in [6, 6.07) is 11.4. The Kier molecular flexibility index (Phi) is 7.91. The average molecular weight is 399 g/mol. The van der Waals surface area contributed by atoms with E-state index in [2.05, 4.69) is 5.32 Å². The highest BCUT2D eigenvalue weighted by atomic mass is 16.5. The molecule has 0 bridgehead atoms. The smallest absolute Gasteiger partial charge is 0.338 e. The molecule has 0 radical (unpaired) electrons. The van der Waals surface area contributed by atoms with E-state index in [-0.39, 0.29) is 5.78 Å². The molecule has 7 nitrogen and oxygen atoms in total. The van der Waals surface area contributed by atoms with Crippen molar-refractivity contribution in [2.45, 2.75) is 33.5 Å². The van der Waals surface area contributed by atoms with Crippen molar-refractivity contribution in [1.29, 1.82) is 0 Å². The maximum atomic E-state index is 12.5. The standard InChI is InChI=1S/C22H25NO6/c1-5-28-13-18-11-17(9-10-20(18)27-4)22(26)29-15(3)21(25)23-19-8-6-7-16(12-19)14(2)24/h6-12,15H,5,13H2,1-4H3,(H,23,25)/t15-/m0/s1. The lowest BCUT2D eigenvalue weighted by Gasteiger charge is -2.15. The summed E-state index contributed by atoms with van der Waals surface area (Å²) >= 11 is 0. The van der Waals surface area contributed by atoms with Gasteiger partial charge in [-0.3, -0.25) is 9.59 Å². The molecule has 2 aromatic rings. The van der Waals surface area contributed by atoms with E-state index in [0.717, 1.165) is 0 Å². The Hall–Kier alpha value is -3.19. The van der Waals surface area contributed by atoms with Crippen LogP contribution in [0.4, 0.5) is 5.69 Å². The summed E-state index contributed by atoms with van der Waals surface area (Å²) in [5.74, 6) is -0.637. The minimum absolute atomic E-state index is 0.108. The quantitative estimate of drug-likeness (QED) is 0.512. The summed E-state index contributed by atoms with van der Waals surface area (Å²) < 4.78 is 15.9. The van der Waals surface area contributed by atoms with Crippen LogP contribution in [0.3, 0.4) is 0 Å². The third-order valence-corrected chi connectivity index (χ3v) is 4.17. The zero-order valence-corrected chi connectivity index (χ0v) is 17.0. The van der Waals surface area contributed by atoms with Gasteiger partial charge < -0.3 is 19.5 Å². The molecule has 1 N–H and O–H groups in total. The summed E-state index contributed by atoms with van der Waals surface area (Å²) in [7, 11) is 1.54. The van der Waals surface area contributed by atoms with E-state index in [4.69, 9.17) is 14.2 Å². The number of ketones is 1. The second-order valence-electron chi connectivity index (χ2n) is 6.34. The van der Waals surface area contributed by atoms with Crippen molar-refractivity contribution in [2.75, 3.05) is 19.0 Å². The van der Waals surface area contributed by atoms with Crippen LogP contribution in [0.2, 0.25) is 0 Å². The van der Waals surface area contributed by atoms with Crippen molar-refractivity contribution in [2.24, 2.45) is 0 Å². The molecule has 2 rings (SSSR count). The van der Waals surface area contributed by atoms with Gasteiger partial charge in [-0.2, -0.15) is 0 Å². The molecule has 1 amide bonds. The Morgan fingerprint density at radius 1 is 1.07 bits per heavy atom. The second-order valence-corrected chi connectivity index (χ2v) is 6.34. The predicted octanol–water partition coefficient (Wildman–Crippen LogP) is 3.62. The van der Waals surface area contributed by atoms with Crippen LogP contribution in [0.5, 0.6) is 5.75 Å². The summed E-state index contributed by atoms with van der Waals surface area (Å²) in [4.78, 5) is 36.3. The SMILES string of the molecule is CCOCc1cc(C(=O)O[C@@H](C)C(=O)Nc2cccc(C(C)=O)c2)ccc1OC. The van der Waals surface area contributed by atoms with Crippen molar-refractivity contribution >= 4 is 23.3 Å². The van der Waals surface area contributed by atoms with Gasteiger partial charge in [0.15, 0.2) is 11.9 Å². The van der Waals surface area contributed by atoms with Crippen LogP contribution in [0.15, 0.2) is 42.5 Å². The van der Waals surface area contributed by atoms with Gasteiger partial charge in [-0.05, 0) is 51.1 Å². The van der Waals surface area contributed by atoms with E-state index in [9.17, 15) is 14.4 Å². The highest BCUT2D eigenvalue weighted by molar-refractivity contribution is 5.99. The fourth-order valence-corrected chi connectivity index (χ4v) is 2.57. The number of carbonyl (C=O) groups excluding carboxylic acids is 3. The number of esters is 1. The maximum Gasteiger partial charge on any atom is 0.338 e. The Balaban J connectivity index is 2.05. The van der Waals surface area contributed by atoms with Crippen LogP contribution in [-0.4, -0.2) is 37.5 Å². The molecule has 7 heteroatoms. The molecule has 0 aliphatic heterocycles. The van der Waals surface area contributed by atoms with E-state index in [1.807, 2.05) is 6.92 Å². The van der Waals surface area contributed by atoms with Crippen molar-refractivity contribution in [3.05, 3.63) is 59.2 Å². The number of ether oxygens (including phenoxy) is 3. The van der Waals surface area contributed by atoms with Crippen LogP contribution in [-0.2, 0) is 20.9 Å². The molecule has 2 aromatic carbocycles. The number of hydrogen-bond donors (Lipinski definition) is 1. The van der Waals surface area contributed by atoms with Crippen molar-refractivity contribution in [1.82, 2.24) is 0 Å². The van der Waals surface area contributed by atoms with Gasteiger partial charge in [0.1, 0.15) is 5.75 Å². The first kappa shape index (κ1) is 22.1. The summed E-state index contributed by atoms with van der Waals surface area (Å²) in [6.07, 6.45) is -1.03. The van der Waals surface area contributed by atoms with E-state index in [1.165, 1.54) is 21.0 Å². The number of carbonyl (C=O) groups is 3. The molecule has 0 fully saturated rings. The van der Waals surface area contributed by atoms with Gasteiger partial charge in [0, 0.05) is 23.4 Å². The van der Waals surface area contributed by atoms with Gasteiger partial charge in [0.2, 0.25) is 0 Å². The van der Waals surface area contributed by atoms with Crippen molar-refractivity contribution in [3.8, 4) is 5.75 Å². The van der Waals surface area contributed by atoms with E-state index < -0.39 is 18.0 Å². The Morgan fingerprint density at radius 2 is 1.83 bits per heavy atom. The maximum absolute atomic E-state index is 12.5. The van der Waals surface area contributed by atoms with Crippen LogP contribution in [0.25, 0.3) is 0 Å². The molecule has 29 heavy (non-hydrogen) atoms. The first-order chi connectivity index (χ1) is 13.8. The molecule has 0 aromatic heterocycles. The first-order valence-corrected chi connectivity index (χ1v) is 9.23. The summed E-state index contributed by atoms with van der Waals surface area (Å²) in [5.41, 5.74) is 1.93. The van der Waals surface area contributed by atoms with Crippen LogP contribution >= 0.6 is 0 Å². The molecule has 0 saturated carbocycles. The third kappa shape index (κ3) is 6.15. The topological polar surface area (TPSA) is 90.9 Å². The third-order valence-electron chi connectivity index (χ3n) is 4.17. The summed E-state index contributed by atoms with van der Waals surface area (Å²) in [5, 5.41) is 2.64. The van der Waals surface area contributed by atoms with E-state index in [1.54, 1.807) is 42.5 Å². The lowest BCUT2D eigenvalue weighted by atomic mass is 10.1. The number of benzene rings is 2. The normalized spacial score (nSPS) is 11.4. The molecule has 0 aliphatic rings. The number of rotatable bonds is 9. The Bertz CT molecular complexity index is 893. The fourth-order valence-electron chi connectivity index (χ4n) is 2.57. The molecule has 0 spiro atoms. The molecule has 154 valence electrons. The van der Waals surface area contributed by atoms with E-state index in [0.29, 0.717) is 41.3 Å². The molecule has 0 aliphatic carbocycles. The fraction of sp³-hybridized carbons (Fsp3) is 0.318. The minimum Gasteiger partial charge on any atom is -0.496 e. The number of anilines is 1. The molecule has 0 saturated heterocycles. The first-order valence-electron chi connectivity index (χ1n) is 9.23. The molecule has 1 atom stereocenters. The van der Waals surface area contributed by atoms with Gasteiger partial charge in [-0.25, -0.2) is 4.79 Å².